The van der Waals surface area contributed by atoms with E-state index in [2.05, 4.69) is 22.0 Å². The minimum Gasteiger partial charge on any atom is -0.369 e. The molecule has 1 fully saturated rings. The van der Waals surface area contributed by atoms with Crippen molar-refractivity contribution in [2.45, 2.75) is 35.8 Å². The van der Waals surface area contributed by atoms with Crippen LogP contribution in [-0.4, -0.2) is 66.1 Å². The SMILES string of the molecule is CC#C[C@H]1CN(S(=O)(=O)c2cn[nH]c2)CCN1c1ccc(C(O)(C(F)(F)F)C(F)(F)F)cc1. The molecule has 0 spiro atoms. The Morgan fingerprint density at radius 3 is 2.18 bits per heavy atom. The number of anilines is 1. The maximum absolute atomic E-state index is 13.1. The lowest BCUT2D eigenvalue weighted by Gasteiger charge is -2.40. The molecule has 0 unspecified atom stereocenters. The molecule has 14 heteroatoms. The number of aromatic amines is 1. The Labute approximate surface area is 185 Å². The number of nitrogens with one attached hydrogen (secondary N) is 1. The van der Waals surface area contributed by atoms with Gasteiger partial charge >= 0.3 is 12.4 Å². The van der Waals surface area contributed by atoms with Crippen LogP contribution in [0.3, 0.4) is 0 Å². The number of piperazine rings is 1. The fourth-order valence-electron chi connectivity index (χ4n) is 3.49. The molecular formula is C19H18F6N4O3S. The van der Waals surface area contributed by atoms with Crippen molar-refractivity contribution in [3.05, 3.63) is 42.2 Å². The third-order valence-corrected chi connectivity index (χ3v) is 7.03. The van der Waals surface area contributed by atoms with Gasteiger partial charge < -0.3 is 10.0 Å². The zero-order valence-electron chi connectivity index (χ0n) is 16.9. The minimum absolute atomic E-state index is 0.00774. The van der Waals surface area contributed by atoms with E-state index in [0.717, 1.165) is 18.3 Å². The summed E-state index contributed by atoms with van der Waals surface area (Å²) < 4.78 is 105. The summed E-state index contributed by atoms with van der Waals surface area (Å²) in [6, 6.07) is 2.37. The molecule has 0 aliphatic carbocycles. The normalized spacial score (nSPS) is 18.7. The Balaban J connectivity index is 1.90. The molecule has 7 nitrogen and oxygen atoms in total. The molecule has 33 heavy (non-hydrogen) atoms. The first-order valence-electron chi connectivity index (χ1n) is 9.37. The van der Waals surface area contributed by atoms with Crippen LogP contribution in [0.5, 0.6) is 0 Å². The second kappa shape index (κ2) is 8.54. The second-order valence-corrected chi connectivity index (χ2v) is 9.09. The van der Waals surface area contributed by atoms with Gasteiger partial charge in [-0.2, -0.15) is 35.7 Å². The molecule has 2 heterocycles. The van der Waals surface area contributed by atoms with Crippen molar-refractivity contribution < 1.29 is 39.9 Å². The quantitative estimate of drug-likeness (QED) is 0.502. The molecule has 0 radical (unpaired) electrons. The van der Waals surface area contributed by atoms with Gasteiger partial charge in [0.15, 0.2) is 0 Å². The van der Waals surface area contributed by atoms with E-state index >= 15 is 0 Å². The Hall–Kier alpha value is -2.76. The monoisotopic (exact) mass is 496 g/mol. The van der Waals surface area contributed by atoms with Gasteiger partial charge in [0.05, 0.1) is 6.20 Å². The summed E-state index contributed by atoms with van der Waals surface area (Å²) in [4.78, 5) is 1.52. The molecule has 1 aliphatic rings. The first kappa shape index (κ1) is 24.9. The standard InChI is InChI=1S/C19H18F6N4O3S/c1-2-3-15-12-28(33(31,32)16-10-26-27-11-16)8-9-29(15)14-6-4-13(5-7-14)17(30,18(20,21)22)19(23,24)25/h4-7,10-11,15,30H,8-9,12H2,1H3,(H,26,27)/t15-/m0/s1. The first-order chi connectivity index (χ1) is 15.2. The maximum atomic E-state index is 13.1. The van der Waals surface area contributed by atoms with Crippen LogP contribution in [0.2, 0.25) is 0 Å². The molecule has 1 aromatic carbocycles. The van der Waals surface area contributed by atoms with E-state index < -0.39 is 39.6 Å². The van der Waals surface area contributed by atoms with Crippen LogP contribution in [0.15, 0.2) is 41.6 Å². The Morgan fingerprint density at radius 1 is 1.09 bits per heavy atom. The number of aliphatic hydroxyl groups is 1. The zero-order chi connectivity index (χ0) is 24.7. The van der Waals surface area contributed by atoms with Crippen molar-refractivity contribution in [2.24, 2.45) is 0 Å². The van der Waals surface area contributed by atoms with Gasteiger partial charge in [-0.1, -0.05) is 18.1 Å². The van der Waals surface area contributed by atoms with E-state index in [1.165, 1.54) is 17.4 Å². The molecule has 0 saturated carbocycles. The van der Waals surface area contributed by atoms with E-state index in [9.17, 15) is 39.9 Å². The lowest BCUT2D eigenvalue weighted by molar-refractivity contribution is -0.376. The predicted molar refractivity (Wildman–Crippen MR) is 104 cm³/mol. The highest BCUT2D eigenvalue weighted by Crippen LogP contribution is 2.50. The Morgan fingerprint density at radius 2 is 1.70 bits per heavy atom. The molecule has 1 saturated heterocycles. The van der Waals surface area contributed by atoms with Crippen molar-refractivity contribution in [3.8, 4) is 11.8 Å². The van der Waals surface area contributed by atoms with E-state index in [4.69, 9.17) is 0 Å². The van der Waals surface area contributed by atoms with Crippen molar-refractivity contribution in [2.75, 3.05) is 24.5 Å². The maximum Gasteiger partial charge on any atom is 0.430 e. The number of alkyl halides is 6. The lowest BCUT2D eigenvalue weighted by Crippen LogP contribution is -2.54. The van der Waals surface area contributed by atoms with Gasteiger partial charge in [-0.3, -0.25) is 5.10 Å². The highest BCUT2D eigenvalue weighted by molar-refractivity contribution is 7.89. The van der Waals surface area contributed by atoms with Crippen LogP contribution >= 0.6 is 0 Å². The average Bonchev–Trinajstić information content (AvgIpc) is 3.28. The fourth-order valence-corrected chi connectivity index (χ4v) is 4.83. The molecule has 3 rings (SSSR count). The number of hydrogen-bond acceptors (Lipinski definition) is 5. The molecule has 180 valence electrons. The predicted octanol–water partition coefficient (Wildman–Crippen LogP) is 2.62. The summed E-state index contributed by atoms with van der Waals surface area (Å²) in [6.45, 7) is 1.48. The summed E-state index contributed by atoms with van der Waals surface area (Å²) in [6.07, 6.45) is -9.63. The average molecular weight is 496 g/mol. The number of halogens is 6. The number of sulfonamides is 1. The highest BCUT2D eigenvalue weighted by atomic mass is 32.2. The number of rotatable bonds is 4. The first-order valence-corrected chi connectivity index (χ1v) is 10.8. The van der Waals surface area contributed by atoms with Crippen molar-refractivity contribution >= 4 is 15.7 Å². The summed E-state index contributed by atoms with van der Waals surface area (Å²) in [7, 11) is -3.87. The number of H-pyrrole nitrogens is 1. The molecule has 2 aromatic rings. The van der Waals surface area contributed by atoms with E-state index in [-0.39, 0.29) is 30.2 Å². The number of aromatic nitrogens is 2. The number of nitrogens with zero attached hydrogens (tertiary/aromatic N) is 3. The molecule has 0 amide bonds. The molecule has 2 N–H and O–H groups in total. The Bertz CT molecular complexity index is 1120. The molecule has 1 atom stereocenters. The number of benzene rings is 1. The van der Waals surface area contributed by atoms with Crippen LogP contribution in [0, 0.1) is 11.8 Å². The van der Waals surface area contributed by atoms with Crippen LogP contribution in [0.25, 0.3) is 0 Å². The Kier molecular flexibility index (Phi) is 6.44. The third kappa shape index (κ3) is 4.40. The van der Waals surface area contributed by atoms with Crippen LogP contribution in [0.4, 0.5) is 32.0 Å². The van der Waals surface area contributed by atoms with Gasteiger partial charge in [0.2, 0.25) is 10.0 Å². The smallest absolute Gasteiger partial charge is 0.369 e. The van der Waals surface area contributed by atoms with Gasteiger partial charge in [-0.05, 0) is 19.1 Å². The van der Waals surface area contributed by atoms with Gasteiger partial charge in [0, 0.05) is 37.1 Å². The largest absolute Gasteiger partial charge is 0.430 e. The summed E-state index contributed by atoms with van der Waals surface area (Å²) in [5.41, 5.74) is -6.19. The second-order valence-electron chi connectivity index (χ2n) is 7.15. The van der Waals surface area contributed by atoms with Gasteiger partial charge in [0.1, 0.15) is 10.9 Å². The molecule has 1 aliphatic heterocycles. The van der Waals surface area contributed by atoms with Crippen LogP contribution in [-0.2, 0) is 15.6 Å². The summed E-state index contributed by atoms with van der Waals surface area (Å²) in [5, 5.41) is 15.6. The minimum atomic E-state index is -5.99. The fraction of sp³-hybridized carbons (Fsp3) is 0.421. The molecule has 1 aromatic heterocycles. The van der Waals surface area contributed by atoms with Crippen LogP contribution < -0.4 is 4.90 Å². The van der Waals surface area contributed by atoms with Gasteiger partial charge in [-0.25, -0.2) is 8.42 Å². The highest BCUT2D eigenvalue weighted by Gasteiger charge is 2.71. The van der Waals surface area contributed by atoms with Crippen LogP contribution in [0.1, 0.15) is 12.5 Å². The third-order valence-electron chi connectivity index (χ3n) is 5.20. The zero-order valence-corrected chi connectivity index (χ0v) is 17.8. The number of hydrogen-bond donors (Lipinski definition) is 2. The van der Waals surface area contributed by atoms with E-state index in [1.807, 2.05) is 0 Å². The summed E-state index contributed by atoms with van der Waals surface area (Å²) in [5.74, 6) is 5.46. The van der Waals surface area contributed by atoms with Gasteiger partial charge in [-0.15, -0.1) is 5.92 Å². The van der Waals surface area contributed by atoms with Crippen molar-refractivity contribution in [1.82, 2.24) is 14.5 Å². The summed E-state index contributed by atoms with van der Waals surface area (Å²) >= 11 is 0. The lowest BCUT2D eigenvalue weighted by atomic mass is 9.92. The molecular weight excluding hydrogens is 478 g/mol. The van der Waals surface area contributed by atoms with Gasteiger partial charge in [0.25, 0.3) is 5.60 Å². The van der Waals surface area contributed by atoms with Crippen molar-refractivity contribution in [1.29, 1.82) is 0 Å². The van der Waals surface area contributed by atoms with E-state index in [0.29, 0.717) is 12.1 Å². The molecule has 0 bridgehead atoms. The van der Waals surface area contributed by atoms with Crippen molar-refractivity contribution in [3.63, 3.8) is 0 Å². The van der Waals surface area contributed by atoms with E-state index in [1.54, 1.807) is 4.90 Å². The topological polar surface area (TPSA) is 89.5 Å².